The molecular weight excluding hydrogens is 453 g/mol. The fourth-order valence-corrected chi connectivity index (χ4v) is 4.72. The minimum absolute atomic E-state index is 0.0633. The molecule has 10 nitrogen and oxygen atoms in total. The maximum atomic E-state index is 14.2. The lowest BCUT2D eigenvalue weighted by molar-refractivity contribution is -0.125. The Bertz CT molecular complexity index is 1070. The van der Waals surface area contributed by atoms with E-state index in [1.807, 2.05) is 0 Å². The van der Waals surface area contributed by atoms with Crippen LogP contribution in [0.2, 0.25) is 0 Å². The Hall–Kier alpha value is -2.87. The summed E-state index contributed by atoms with van der Waals surface area (Å²) < 4.78 is 50.5. The quantitative estimate of drug-likeness (QED) is 0.464. The van der Waals surface area contributed by atoms with Gasteiger partial charge in [-0.1, -0.05) is 6.07 Å². The highest BCUT2D eigenvalue weighted by Gasteiger charge is 2.30. The van der Waals surface area contributed by atoms with Crippen LogP contribution < -0.4 is 10.9 Å². The predicted octanol–water partition coefficient (Wildman–Crippen LogP) is 0.526. The Morgan fingerprint density at radius 1 is 1.16 bits per heavy atom. The molecule has 2 amide bonds. The first kappa shape index (κ1) is 22.8. The molecule has 0 aliphatic carbocycles. The number of rotatable bonds is 6. The van der Waals surface area contributed by atoms with Gasteiger partial charge in [-0.05, 0) is 29.6 Å². The topological polar surface area (TPSA) is 131 Å². The molecule has 13 heteroatoms. The van der Waals surface area contributed by atoms with Gasteiger partial charge < -0.3 is 9.47 Å². The van der Waals surface area contributed by atoms with Crippen molar-refractivity contribution in [3.05, 3.63) is 52.0 Å². The second-order valence-corrected chi connectivity index (χ2v) is 9.07. The molecule has 0 bridgehead atoms. The number of esters is 1. The van der Waals surface area contributed by atoms with Crippen LogP contribution in [0.25, 0.3) is 0 Å². The highest BCUT2D eigenvalue weighted by atomic mass is 32.2. The van der Waals surface area contributed by atoms with E-state index in [4.69, 9.17) is 9.47 Å². The number of benzene rings is 1. The van der Waals surface area contributed by atoms with Gasteiger partial charge in [0.05, 0.1) is 23.7 Å². The Labute approximate surface area is 181 Å². The van der Waals surface area contributed by atoms with Gasteiger partial charge in [0, 0.05) is 13.1 Å². The second-order valence-electron chi connectivity index (χ2n) is 6.22. The van der Waals surface area contributed by atoms with E-state index in [0.717, 1.165) is 22.5 Å². The van der Waals surface area contributed by atoms with E-state index in [2.05, 4.69) is 10.9 Å². The highest BCUT2D eigenvalue weighted by molar-refractivity contribution is 7.89. The van der Waals surface area contributed by atoms with E-state index in [-0.39, 0.29) is 31.9 Å². The molecule has 0 saturated carbocycles. The van der Waals surface area contributed by atoms with Crippen LogP contribution in [-0.4, -0.2) is 63.4 Å². The largest absolute Gasteiger partial charge is 0.452 e. The van der Waals surface area contributed by atoms with Crippen molar-refractivity contribution in [1.82, 2.24) is 15.2 Å². The van der Waals surface area contributed by atoms with Crippen LogP contribution in [0, 0.1) is 5.82 Å². The Balaban J connectivity index is 1.59. The van der Waals surface area contributed by atoms with Gasteiger partial charge in [0.15, 0.2) is 6.61 Å². The second kappa shape index (κ2) is 9.96. The normalized spacial score (nSPS) is 14.6. The lowest BCUT2D eigenvalue weighted by Gasteiger charge is -2.26. The number of hydrogen-bond acceptors (Lipinski definition) is 8. The smallest absolute Gasteiger partial charge is 0.338 e. The summed E-state index contributed by atoms with van der Waals surface area (Å²) in [4.78, 5) is 35.4. The summed E-state index contributed by atoms with van der Waals surface area (Å²) in [6, 6.07) is 5.97. The molecule has 0 radical (unpaired) electrons. The summed E-state index contributed by atoms with van der Waals surface area (Å²) in [7, 11) is -4.17. The molecule has 2 aromatic rings. The zero-order valence-electron chi connectivity index (χ0n) is 16.0. The number of hydrogen-bond donors (Lipinski definition) is 2. The number of carbonyl (C=O) groups excluding carboxylic acids is 3. The van der Waals surface area contributed by atoms with Crippen LogP contribution in [0.4, 0.5) is 4.39 Å². The van der Waals surface area contributed by atoms with Gasteiger partial charge in [-0.2, -0.15) is 4.31 Å². The van der Waals surface area contributed by atoms with Crippen molar-refractivity contribution in [2.24, 2.45) is 0 Å². The number of amides is 2. The number of ether oxygens (including phenoxy) is 2. The fraction of sp³-hybridized carbons (Fsp3) is 0.278. The van der Waals surface area contributed by atoms with Crippen LogP contribution in [0.5, 0.6) is 0 Å². The fourth-order valence-electron chi connectivity index (χ4n) is 2.60. The summed E-state index contributed by atoms with van der Waals surface area (Å²) in [5.74, 6) is -3.40. The molecule has 0 spiro atoms. The van der Waals surface area contributed by atoms with E-state index >= 15 is 0 Å². The van der Waals surface area contributed by atoms with Crippen molar-refractivity contribution in [3.8, 4) is 0 Å². The third-order valence-corrected chi connectivity index (χ3v) is 6.93. The van der Waals surface area contributed by atoms with Gasteiger partial charge in [0.2, 0.25) is 10.0 Å². The van der Waals surface area contributed by atoms with Crippen LogP contribution in [0.15, 0.2) is 40.6 Å². The minimum Gasteiger partial charge on any atom is -0.452 e. The number of nitrogens with one attached hydrogen (secondary N) is 2. The van der Waals surface area contributed by atoms with Gasteiger partial charge >= 0.3 is 5.97 Å². The Morgan fingerprint density at radius 2 is 1.90 bits per heavy atom. The number of carbonyl (C=O) groups is 3. The van der Waals surface area contributed by atoms with Crippen LogP contribution >= 0.6 is 11.3 Å². The summed E-state index contributed by atoms with van der Waals surface area (Å²) in [6.07, 6.45) is 0. The third kappa shape index (κ3) is 5.64. The molecule has 1 aliphatic heterocycles. The number of morpholine rings is 1. The molecule has 166 valence electrons. The molecule has 1 saturated heterocycles. The molecule has 3 rings (SSSR count). The van der Waals surface area contributed by atoms with E-state index in [0.29, 0.717) is 4.88 Å². The van der Waals surface area contributed by atoms with Gasteiger partial charge in [-0.25, -0.2) is 17.6 Å². The molecule has 0 unspecified atom stereocenters. The standard InChI is InChI=1S/C18H18FN3O7S2/c19-13-4-3-12(10-15(13)31(26,27)22-5-7-28-8-6-22)18(25)29-11-16(23)20-21-17(24)14-2-1-9-30-14/h1-4,9-10H,5-8,11H2,(H,20,23)(H,21,24). The average molecular weight is 471 g/mol. The first-order chi connectivity index (χ1) is 14.8. The SMILES string of the molecule is O=C(COC(=O)c1ccc(F)c(S(=O)(=O)N2CCOCC2)c1)NNC(=O)c1cccs1. The van der Waals surface area contributed by atoms with Gasteiger partial charge in [-0.3, -0.25) is 20.4 Å². The highest BCUT2D eigenvalue weighted by Crippen LogP contribution is 2.22. The molecule has 1 aromatic heterocycles. The first-order valence-corrected chi connectivity index (χ1v) is 11.3. The molecular formula is C18H18FN3O7S2. The minimum atomic E-state index is -4.17. The number of nitrogens with zero attached hydrogens (tertiary/aromatic N) is 1. The maximum absolute atomic E-state index is 14.2. The van der Waals surface area contributed by atoms with Crippen molar-refractivity contribution in [2.75, 3.05) is 32.9 Å². The van der Waals surface area contributed by atoms with Gasteiger partial charge in [0.1, 0.15) is 10.7 Å². The lowest BCUT2D eigenvalue weighted by atomic mass is 10.2. The van der Waals surface area contributed by atoms with Crippen molar-refractivity contribution in [3.63, 3.8) is 0 Å². The lowest BCUT2D eigenvalue weighted by Crippen LogP contribution is -2.43. The van der Waals surface area contributed by atoms with Crippen molar-refractivity contribution in [2.45, 2.75) is 4.90 Å². The number of hydrazine groups is 1. The summed E-state index contributed by atoms with van der Waals surface area (Å²) in [6.45, 7) is -0.254. The Morgan fingerprint density at radius 3 is 2.58 bits per heavy atom. The zero-order chi connectivity index (χ0) is 22.4. The first-order valence-electron chi connectivity index (χ1n) is 8.96. The molecule has 1 fully saturated rings. The number of halogens is 1. The Kier molecular flexibility index (Phi) is 7.33. The van der Waals surface area contributed by atoms with Gasteiger partial charge in [0.25, 0.3) is 11.8 Å². The van der Waals surface area contributed by atoms with Crippen LogP contribution in [-0.2, 0) is 24.3 Å². The number of sulfonamides is 1. The van der Waals surface area contributed by atoms with Crippen LogP contribution in [0.1, 0.15) is 20.0 Å². The van der Waals surface area contributed by atoms with E-state index < -0.39 is 45.1 Å². The summed E-state index contributed by atoms with van der Waals surface area (Å²) in [5.41, 5.74) is 3.99. The summed E-state index contributed by atoms with van der Waals surface area (Å²) in [5, 5.41) is 1.69. The zero-order valence-corrected chi connectivity index (χ0v) is 17.6. The monoisotopic (exact) mass is 471 g/mol. The average Bonchev–Trinajstić information content (AvgIpc) is 3.31. The molecule has 2 N–H and O–H groups in total. The molecule has 2 heterocycles. The molecule has 0 atom stereocenters. The maximum Gasteiger partial charge on any atom is 0.338 e. The molecule has 1 aliphatic rings. The summed E-state index contributed by atoms with van der Waals surface area (Å²) >= 11 is 1.17. The van der Waals surface area contributed by atoms with E-state index in [9.17, 15) is 27.2 Å². The molecule has 1 aromatic carbocycles. The van der Waals surface area contributed by atoms with Crippen LogP contribution in [0.3, 0.4) is 0 Å². The third-order valence-electron chi connectivity index (χ3n) is 4.15. The molecule has 31 heavy (non-hydrogen) atoms. The van der Waals surface area contributed by atoms with Gasteiger partial charge in [-0.15, -0.1) is 11.3 Å². The van der Waals surface area contributed by atoms with Crippen molar-refractivity contribution in [1.29, 1.82) is 0 Å². The van der Waals surface area contributed by atoms with E-state index in [1.165, 1.54) is 11.3 Å². The predicted molar refractivity (Wildman–Crippen MR) is 106 cm³/mol. The van der Waals surface area contributed by atoms with Crippen molar-refractivity contribution < 1.29 is 36.7 Å². The number of thiophene rings is 1. The van der Waals surface area contributed by atoms with E-state index in [1.54, 1.807) is 17.5 Å². The van der Waals surface area contributed by atoms with Crippen molar-refractivity contribution >= 4 is 39.1 Å².